The van der Waals surface area contributed by atoms with E-state index >= 15 is 0 Å². The molecule has 1 radical (unpaired) electrons. The molecular formula is C4H9BNO2. The molecule has 1 rings (SSSR count). The average Bonchev–Trinajstić information content (AvgIpc) is 2.19. The van der Waals surface area contributed by atoms with E-state index in [2.05, 4.69) is 5.32 Å². The number of hydrogen-bond acceptors (Lipinski definition) is 3. The van der Waals surface area contributed by atoms with Crippen LogP contribution in [0.2, 0.25) is 0 Å². The van der Waals surface area contributed by atoms with Gasteiger partial charge in [-0.25, -0.2) is 0 Å². The predicted octanol–water partition coefficient (Wildman–Crippen LogP) is -0.761. The van der Waals surface area contributed by atoms with Crippen molar-refractivity contribution >= 4 is 7.69 Å². The third-order valence-corrected chi connectivity index (χ3v) is 1.24. The standard InChI is InChI=1S/C4H9BNO2/c7-5-8-4-2-1-3-6-4/h4,6-7H,1-3H2/t4-/m1/s1. The molecule has 1 aliphatic rings. The van der Waals surface area contributed by atoms with E-state index in [1.807, 2.05) is 0 Å². The van der Waals surface area contributed by atoms with Gasteiger partial charge in [-0.3, -0.25) is 5.32 Å². The summed E-state index contributed by atoms with van der Waals surface area (Å²) in [7, 11) is 0.739. The molecule has 1 atom stereocenters. The summed E-state index contributed by atoms with van der Waals surface area (Å²) in [5, 5.41) is 11.2. The Hall–Kier alpha value is -0.0551. The van der Waals surface area contributed by atoms with Crippen LogP contribution in [0.3, 0.4) is 0 Å². The second-order valence-corrected chi connectivity index (χ2v) is 1.83. The van der Waals surface area contributed by atoms with Gasteiger partial charge in [-0.15, -0.1) is 0 Å². The molecule has 0 aromatic rings. The van der Waals surface area contributed by atoms with E-state index in [0.29, 0.717) is 0 Å². The molecule has 0 amide bonds. The van der Waals surface area contributed by atoms with E-state index in [0.717, 1.165) is 27.1 Å². The molecule has 1 fully saturated rings. The zero-order chi connectivity index (χ0) is 5.82. The maximum absolute atomic E-state index is 8.14. The first-order chi connectivity index (χ1) is 3.93. The van der Waals surface area contributed by atoms with E-state index in [4.69, 9.17) is 9.68 Å². The molecule has 0 aromatic carbocycles. The highest BCUT2D eigenvalue weighted by molar-refractivity contribution is 6.15. The van der Waals surface area contributed by atoms with Crippen LogP contribution >= 0.6 is 0 Å². The Balaban J connectivity index is 2.06. The lowest BCUT2D eigenvalue weighted by Gasteiger charge is -2.06. The van der Waals surface area contributed by atoms with Crippen LogP contribution < -0.4 is 5.32 Å². The van der Waals surface area contributed by atoms with Gasteiger partial charge in [0, 0.05) is 0 Å². The van der Waals surface area contributed by atoms with E-state index in [1.54, 1.807) is 0 Å². The fourth-order valence-corrected chi connectivity index (χ4v) is 0.842. The van der Waals surface area contributed by atoms with Crippen LogP contribution in [-0.4, -0.2) is 25.5 Å². The summed E-state index contributed by atoms with van der Waals surface area (Å²) in [4.78, 5) is 0. The van der Waals surface area contributed by atoms with Crippen molar-refractivity contribution in [1.29, 1.82) is 0 Å². The topological polar surface area (TPSA) is 41.5 Å². The molecule has 0 unspecified atom stereocenters. The smallest absolute Gasteiger partial charge is 0.429 e. The molecule has 3 nitrogen and oxygen atoms in total. The molecule has 1 saturated heterocycles. The zero-order valence-corrected chi connectivity index (χ0v) is 4.63. The summed E-state index contributed by atoms with van der Waals surface area (Å²) in [6.07, 6.45) is 2.19. The van der Waals surface area contributed by atoms with Crippen LogP contribution in [0.4, 0.5) is 0 Å². The minimum atomic E-state index is 0.0556. The number of nitrogens with one attached hydrogen (secondary N) is 1. The SMILES string of the molecule is O[B]O[C@@H]1CCCN1. The number of hydrogen-bond donors (Lipinski definition) is 2. The van der Waals surface area contributed by atoms with Crippen molar-refractivity contribution in [1.82, 2.24) is 5.32 Å². The lowest BCUT2D eigenvalue weighted by atomic mass is 10.3. The van der Waals surface area contributed by atoms with Crippen LogP contribution in [0, 0.1) is 0 Å². The van der Waals surface area contributed by atoms with Crippen molar-refractivity contribution in [2.24, 2.45) is 0 Å². The van der Waals surface area contributed by atoms with E-state index in [9.17, 15) is 0 Å². The summed E-state index contributed by atoms with van der Waals surface area (Å²) in [6, 6.07) is 0. The third-order valence-electron chi connectivity index (χ3n) is 1.24. The van der Waals surface area contributed by atoms with Gasteiger partial charge in [-0.05, 0) is 19.4 Å². The van der Waals surface area contributed by atoms with Gasteiger partial charge in [0.15, 0.2) is 0 Å². The fourth-order valence-electron chi connectivity index (χ4n) is 0.842. The van der Waals surface area contributed by atoms with E-state index < -0.39 is 0 Å². The Morgan fingerprint density at radius 1 is 1.75 bits per heavy atom. The Bertz CT molecular complexity index is 65.1. The molecule has 2 N–H and O–H groups in total. The van der Waals surface area contributed by atoms with Crippen molar-refractivity contribution in [2.45, 2.75) is 19.1 Å². The highest BCUT2D eigenvalue weighted by atomic mass is 16.5. The molecule has 0 spiro atoms. The average molecular weight is 114 g/mol. The first-order valence-corrected chi connectivity index (χ1v) is 2.78. The Kier molecular flexibility index (Phi) is 2.33. The van der Waals surface area contributed by atoms with E-state index in [1.165, 1.54) is 0 Å². The van der Waals surface area contributed by atoms with Gasteiger partial charge >= 0.3 is 7.69 Å². The molecule has 45 valence electrons. The maximum atomic E-state index is 8.14. The minimum Gasteiger partial charge on any atom is -0.429 e. The van der Waals surface area contributed by atoms with Gasteiger partial charge in [0.05, 0.1) is 6.23 Å². The second-order valence-electron chi connectivity index (χ2n) is 1.83. The monoisotopic (exact) mass is 114 g/mol. The Morgan fingerprint density at radius 2 is 2.62 bits per heavy atom. The normalized spacial score (nSPS) is 28.4. The van der Waals surface area contributed by atoms with Crippen LogP contribution in [0.25, 0.3) is 0 Å². The molecule has 4 heteroatoms. The van der Waals surface area contributed by atoms with Crippen LogP contribution in [0.15, 0.2) is 0 Å². The third kappa shape index (κ3) is 1.47. The van der Waals surface area contributed by atoms with Gasteiger partial charge in [-0.2, -0.15) is 0 Å². The van der Waals surface area contributed by atoms with Crippen molar-refractivity contribution in [3.63, 3.8) is 0 Å². The van der Waals surface area contributed by atoms with Gasteiger partial charge in [0.1, 0.15) is 0 Å². The molecule has 0 aliphatic carbocycles. The van der Waals surface area contributed by atoms with E-state index in [-0.39, 0.29) is 6.23 Å². The Morgan fingerprint density at radius 3 is 3.12 bits per heavy atom. The molecule has 1 aliphatic heterocycles. The van der Waals surface area contributed by atoms with Gasteiger partial charge in [0.2, 0.25) is 0 Å². The van der Waals surface area contributed by atoms with Gasteiger partial charge < -0.3 is 9.68 Å². The van der Waals surface area contributed by atoms with Crippen LogP contribution in [0.1, 0.15) is 12.8 Å². The van der Waals surface area contributed by atoms with Crippen LogP contribution in [-0.2, 0) is 4.65 Å². The zero-order valence-electron chi connectivity index (χ0n) is 4.63. The summed E-state index contributed by atoms with van der Waals surface area (Å²) < 4.78 is 4.72. The van der Waals surface area contributed by atoms with Gasteiger partial charge in [-0.1, -0.05) is 0 Å². The Labute approximate surface area is 49.3 Å². The second kappa shape index (κ2) is 3.07. The van der Waals surface area contributed by atoms with Crippen molar-refractivity contribution in [2.75, 3.05) is 6.54 Å². The van der Waals surface area contributed by atoms with Crippen molar-refractivity contribution in [3.05, 3.63) is 0 Å². The quantitative estimate of drug-likeness (QED) is 0.463. The highest BCUT2D eigenvalue weighted by Gasteiger charge is 2.12. The highest BCUT2D eigenvalue weighted by Crippen LogP contribution is 2.03. The van der Waals surface area contributed by atoms with Crippen molar-refractivity contribution < 1.29 is 9.68 Å². The van der Waals surface area contributed by atoms with Crippen LogP contribution in [0.5, 0.6) is 0 Å². The molecule has 8 heavy (non-hydrogen) atoms. The summed E-state index contributed by atoms with van der Waals surface area (Å²) >= 11 is 0. The lowest BCUT2D eigenvalue weighted by Crippen LogP contribution is -2.25. The molecule has 1 heterocycles. The fraction of sp³-hybridized carbons (Fsp3) is 1.00. The molecular weight excluding hydrogens is 105 g/mol. The lowest BCUT2D eigenvalue weighted by molar-refractivity contribution is 0.169. The molecule has 0 saturated carbocycles. The minimum absolute atomic E-state index is 0.0556. The van der Waals surface area contributed by atoms with Crippen molar-refractivity contribution in [3.8, 4) is 0 Å². The maximum Gasteiger partial charge on any atom is 0.486 e. The summed E-state index contributed by atoms with van der Waals surface area (Å²) in [5.74, 6) is 0. The first kappa shape index (κ1) is 6.07. The predicted molar refractivity (Wildman–Crippen MR) is 30.1 cm³/mol. The number of rotatable bonds is 2. The molecule has 0 aromatic heterocycles. The summed E-state index contributed by atoms with van der Waals surface area (Å²) in [6.45, 7) is 0.999. The largest absolute Gasteiger partial charge is 0.486 e. The molecule has 0 bridgehead atoms. The first-order valence-electron chi connectivity index (χ1n) is 2.78. The summed E-state index contributed by atoms with van der Waals surface area (Å²) in [5.41, 5.74) is 0. The van der Waals surface area contributed by atoms with Gasteiger partial charge in [0.25, 0.3) is 0 Å².